The first-order chi connectivity index (χ1) is 11.8. The normalized spacial score (nSPS) is 18.2. The van der Waals surface area contributed by atoms with Crippen molar-refractivity contribution in [2.24, 2.45) is 0 Å². The minimum Gasteiger partial charge on any atom is -0.394 e. The molecule has 3 N–H and O–H groups in total. The molecule has 1 heterocycles. The summed E-state index contributed by atoms with van der Waals surface area (Å²) in [6.07, 6.45) is 0.914. The summed E-state index contributed by atoms with van der Waals surface area (Å²) in [5.74, 6) is 0. The summed E-state index contributed by atoms with van der Waals surface area (Å²) in [7, 11) is 0. The van der Waals surface area contributed by atoms with Crippen molar-refractivity contribution in [2.45, 2.75) is 18.5 Å². The van der Waals surface area contributed by atoms with Crippen LogP contribution in [0.1, 0.15) is 18.0 Å². The fraction of sp³-hybridized carbons (Fsp3) is 0.316. The molecule has 0 aliphatic carbocycles. The third-order valence-electron chi connectivity index (χ3n) is 4.33. The molecule has 2 atom stereocenters. The Morgan fingerprint density at radius 2 is 1.79 bits per heavy atom. The molecule has 0 spiro atoms. The number of benzene rings is 2. The van der Waals surface area contributed by atoms with Gasteiger partial charge in [-0.3, -0.25) is 0 Å². The van der Waals surface area contributed by atoms with Crippen molar-refractivity contribution in [3.63, 3.8) is 0 Å². The van der Waals surface area contributed by atoms with Gasteiger partial charge in [-0.2, -0.15) is 0 Å². The molecule has 0 aromatic heterocycles. The highest BCUT2D eigenvalue weighted by Crippen LogP contribution is 2.19. The van der Waals surface area contributed by atoms with Crippen molar-refractivity contribution in [3.8, 4) is 0 Å². The van der Waals surface area contributed by atoms with E-state index in [1.54, 1.807) is 0 Å². The molecule has 3 rings (SSSR count). The molecule has 1 aliphatic heterocycles. The number of aliphatic hydroxyl groups is 1. The van der Waals surface area contributed by atoms with E-state index in [2.05, 4.69) is 27.7 Å². The maximum absolute atomic E-state index is 12.2. The number of hydrogen-bond donors (Lipinski definition) is 3. The van der Waals surface area contributed by atoms with Gasteiger partial charge >= 0.3 is 6.03 Å². The van der Waals surface area contributed by atoms with Gasteiger partial charge in [0.05, 0.1) is 12.6 Å². The van der Waals surface area contributed by atoms with E-state index in [9.17, 15) is 9.90 Å². The number of anilines is 1. The van der Waals surface area contributed by atoms with E-state index in [1.807, 2.05) is 48.5 Å². The second-order valence-electron chi connectivity index (χ2n) is 6.03. The quantitative estimate of drug-likeness (QED) is 0.790. The number of para-hydroxylation sites is 1. The second kappa shape index (κ2) is 7.84. The van der Waals surface area contributed by atoms with Gasteiger partial charge in [0.25, 0.3) is 0 Å². The summed E-state index contributed by atoms with van der Waals surface area (Å²) >= 11 is 0. The highest BCUT2D eigenvalue weighted by molar-refractivity contribution is 5.75. The maximum Gasteiger partial charge on any atom is 0.315 e. The van der Waals surface area contributed by atoms with Crippen LogP contribution in [0.4, 0.5) is 10.5 Å². The Hall–Kier alpha value is -2.53. The lowest BCUT2D eigenvalue weighted by Crippen LogP contribution is -2.45. The van der Waals surface area contributed by atoms with E-state index in [0.717, 1.165) is 25.1 Å². The van der Waals surface area contributed by atoms with Crippen molar-refractivity contribution in [3.05, 3.63) is 66.2 Å². The van der Waals surface area contributed by atoms with Crippen LogP contribution in [0, 0.1) is 0 Å². The second-order valence-corrected chi connectivity index (χ2v) is 6.03. The summed E-state index contributed by atoms with van der Waals surface area (Å²) in [6.45, 7) is 1.60. The van der Waals surface area contributed by atoms with Crippen molar-refractivity contribution in [2.75, 3.05) is 24.6 Å². The van der Waals surface area contributed by atoms with Crippen LogP contribution >= 0.6 is 0 Å². The smallest absolute Gasteiger partial charge is 0.315 e. The highest BCUT2D eigenvalue weighted by atomic mass is 16.3. The first kappa shape index (κ1) is 16.3. The van der Waals surface area contributed by atoms with Gasteiger partial charge in [-0.15, -0.1) is 0 Å². The summed E-state index contributed by atoms with van der Waals surface area (Å²) in [4.78, 5) is 14.5. The minimum atomic E-state index is -0.391. The van der Waals surface area contributed by atoms with E-state index in [0.29, 0.717) is 0 Å². The Morgan fingerprint density at radius 1 is 1.12 bits per heavy atom. The third kappa shape index (κ3) is 4.06. The highest BCUT2D eigenvalue weighted by Gasteiger charge is 2.24. The molecule has 1 unspecified atom stereocenters. The Labute approximate surface area is 142 Å². The zero-order valence-electron chi connectivity index (χ0n) is 13.6. The fourth-order valence-corrected chi connectivity index (χ4v) is 3.06. The van der Waals surface area contributed by atoms with Gasteiger partial charge in [0, 0.05) is 24.8 Å². The molecule has 1 saturated heterocycles. The number of carbonyl (C=O) groups excluding carboxylic acids is 1. The molecule has 126 valence electrons. The van der Waals surface area contributed by atoms with E-state index < -0.39 is 6.04 Å². The molecule has 2 aromatic carbocycles. The van der Waals surface area contributed by atoms with Gasteiger partial charge in [0.1, 0.15) is 0 Å². The number of aliphatic hydroxyl groups excluding tert-OH is 1. The Balaban J connectivity index is 1.52. The Kier molecular flexibility index (Phi) is 5.33. The van der Waals surface area contributed by atoms with Crippen LogP contribution in [0.3, 0.4) is 0 Å². The summed E-state index contributed by atoms with van der Waals surface area (Å²) < 4.78 is 0. The first-order valence-electron chi connectivity index (χ1n) is 8.29. The van der Waals surface area contributed by atoms with Crippen LogP contribution in [0.2, 0.25) is 0 Å². The van der Waals surface area contributed by atoms with Gasteiger partial charge < -0.3 is 20.6 Å². The Morgan fingerprint density at radius 3 is 2.46 bits per heavy atom. The number of hydrogen-bond acceptors (Lipinski definition) is 3. The van der Waals surface area contributed by atoms with Gasteiger partial charge in [-0.1, -0.05) is 48.5 Å². The zero-order valence-corrected chi connectivity index (χ0v) is 13.6. The average Bonchev–Trinajstić information content (AvgIpc) is 3.09. The van der Waals surface area contributed by atoms with Gasteiger partial charge in [0.2, 0.25) is 0 Å². The van der Waals surface area contributed by atoms with E-state index in [1.165, 1.54) is 5.69 Å². The summed E-state index contributed by atoms with van der Waals surface area (Å²) in [5.41, 5.74) is 2.08. The van der Waals surface area contributed by atoms with Crippen LogP contribution in [0.15, 0.2) is 60.7 Å². The molecule has 1 fully saturated rings. The van der Waals surface area contributed by atoms with Gasteiger partial charge in [0.15, 0.2) is 0 Å². The lowest BCUT2D eigenvalue weighted by atomic mass is 10.1. The molecular weight excluding hydrogens is 302 g/mol. The molecular formula is C19H23N3O2. The lowest BCUT2D eigenvalue weighted by Gasteiger charge is -2.21. The molecule has 5 heteroatoms. The molecule has 5 nitrogen and oxygen atoms in total. The molecule has 2 amide bonds. The van der Waals surface area contributed by atoms with Crippen molar-refractivity contribution in [1.29, 1.82) is 0 Å². The molecule has 24 heavy (non-hydrogen) atoms. The fourth-order valence-electron chi connectivity index (χ4n) is 3.06. The van der Waals surface area contributed by atoms with E-state index in [4.69, 9.17) is 0 Å². The van der Waals surface area contributed by atoms with E-state index in [-0.39, 0.29) is 18.7 Å². The van der Waals surface area contributed by atoms with Crippen molar-refractivity contribution < 1.29 is 9.90 Å². The molecule has 1 aliphatic rings. The maximum atomic E-state index is 12.2. The number of urea groups is 1. The van der Waals surface area contributed by atoms with Crippen LogP contribution < -0.4 is 15.5 Å². The largest absolute Gasteiger partial charge is 0.394 e. The van der Waals surface area contributed by atoms with Crippen LogP contribution in [-0.4, -0.2) is 36.9 Å². The number of carbonyl (C=O) groups is 1. The molecule has 0 radical (unpaired) electrons. The third-order valence-corrected chi connectivity index (χ3v) is 4.33. The number of rotatable bonds is 5. The number of amides is 2. The summed E-state index contributed by atoms with van der Waals surface area (Å²) in [6, 6.07) is 19.2. The zero-order chi connectivity index (χ0) is 16.8. The predicted molar refractivity (Wildman–Crippen MR) is 95.0 cm³/mol. The Bertz CT molecular complexity index is 648. The molecule has 0 saturated carbocycles. The lowest BCUT2D eigenvalue weighted by molar-refractivity contribution is 0.214. The van der Waals surface area contributed by atoms with E-state index >= 15 is 0 Å². The standard InChI is InChI=1S/C19H23N3O2/c23-14-18(15-7-3-1-4-8-15)21-19(24)20-16-11-12-22(13-16)17-9-5-2-6-10-17/h1-10,16,18,23H,11-14H2,(H2,20,21,24)/t16?,18-/m1/s1. The monoisotopic (exact) mass is 325 g/mol. The number of nitrogens with one attached hydrogen (secondary N) is 2. The predicted octanol–water partition coefficient (Wildman–Crippen LogP) is 2.30. The SMILES string of the molecule is O=C(NC1CCN(c2ccccc2)C1)N[C@H](CO)c1ccccc1. The topological polar surface area (TPSA) is 64.6 Å². The van der Waals surface area contributed by atoms with Crippen LogP contribution in [0.25, 0.3) is 0 Å². The van der Waals surface area contributed by atoms with Crippen molar-refractivity contribution >= 4 is 11.7 Å². The molecule has 0 bridgehead atoms. The van der Waals surface area contributed by atoms with Gasteiger partial charge in [-0.25, -0.2) is 4.79 Å². The van der Waals surface area contributed by atoms with Gasteiger partial charge in [-0.05, 0) is 24.1 Å². The first-order valence-corrected chi connectivity index (χ1v) is 8.29. The number of nitrogens with zero attached hydrogens (tertiary/aromatic N) is 1. The van der Waals surface area contributed by atoms with Crippen LogP contribution in [-0.2, 0) is 0 Å². The summed E-state index contributed by atoms with van der Waals surface area (Å²) in [5, 5.41) is 15.4. The average molecular weight is 325 g/mol. The van der Waals surface area contributed by atoms with Crippen molar-refractivity contribution in [1.82, 2.24) is 10.6 Å². The molecule has 2 aromatic rings. The van der Waals surface area contributed by atoms with Crippen LogP contribution in [0.5, 0.6) is 0 Å². The minimum absolute atomic E-state index is 0.111.